The summed E-state index contributed by atoms with van der Waals surface area (Å²) in [4.78, 5) is 20.5. The number of nitrogens with one attached hydrogen (secondary N) is 1. The summed E-state index contributed by atoms with van der Waals surface area (Å²) in [5.41, 5.74) is -0.353. The Morgan fingerprint density at radius 3 is 2.41 bits per heavy atom. The number of aliphatic hydroxyl groups is 1. The minimum atomic E-state index is -1.12. The molecule has 1 aliphatic carbocycles. The second-order valence-corrected chi connectivity index (χ2v) is 8.52. The third-order valence-electron chi connectivity index (χ3n) is 5.72. The summed E-state index contributed by atoms with van der Waals surface area (Å²) in [6.45, 7) is -0.182. The van der Waals surface area contributed by atoms with Gasteiger partial charge in [-0.05, 0) is 31.0 Å². The summed E-state index contributed by atoms with van der Waals surface area (Å²) in [7, 11) is 1.41. The van der Waals surface area contributed by atoms with E-state index in [9.17, 15) is 9.18 Å². The van der Waals surface area contributed by atoms with Crippen molar-refractivity contribution in [1.29, 1.82) is 0 Å². The van der Waals surface area contributed by atoms with Gasteiger partial charge in [0.05, 0.1) is 25.3 Å². The van der Waals surface area contributed by atoms with Crippen LogP contribution in [-0.2, 0) is 0 Å². The molecule has 0 spiro atoms. The lowest BCUT2D eigenvalue weighted by Gasteiger charge is -2.15. The number of aromatic nitrogens is 2. The Morgan fingerprint density at radius 1 is 1.00 bits per heavy atom. The molecule has 0 aliphatic heterocycles. The molecule has 9 nitrogen and oxygen atoms in total. The molecule has 0 saturated heterocycles. The van der Waals surface area contributed by atoms with Gasteiger partial charge in [0.25, 0.3) is 5.91 Å². The van der Waals surface area contributed by atoms with E-state index in [2.05, 4.69) is 15.3 Å². The largest absolute Gasteiger partial charge is 0.493 e. The molecule has 2 N–H and O–H groups in total. The SMILES string of the molecule is COc1cc2c(Oc3c(F)cc(NC(=O)c4c(OC5CC5)ccnc4F)cc3F)ccnc2cc1OCCO. The zero-order valence-corrected chi connectivity index (χ0v) is 20.5. The van der Waals surface area contributed by atoms with Gasteiger partial charge in [0.2, 0.25) is 5.95 Å². The van der Waals surface area contributed by atoms with Crippen LogP contribution in [0.25, 0.3) is 10.9 Å². The Balaban J connectivity index is 1.41. The number of hydrogen-bond donors (Lipinski definition) is 2. The molecule has 1 saturated carbocycles. The van der Waals surface area contributed by atoms with Crippen LogP contribution in [0.2, 0.25) is 0 Å². The summed E-state index contributed by atoms with van der Waals surface area (Å²) in [5, 5.41) is 11.7. The predicted molar refractivity (Wildman–Crippen MR) is 133 cm³/mol. The number of ether oxygens (including phenoxy) is 4. The van der Waals surface area contributed by atoms with Gasteiger partial charge in [-0.25, -0.2) is 13.8 Å². The van der Waals surface area contributed by atoms with E-state index >= 15 is 8.78 Å². The van der Waals surface area contributed by atoms with E-state index in [0.29, 0.717) is 22.4 Å². The highest BCUT2D eigenvalue weighted by molar-refractivity contribution is 6.06. The quantitative estimate of drug-likeness (QED) is 0.270. The molecule has 2 aromatic carbocycles. The van der Waals surface area contributed by atoms with Crippen molar-refractivity contribution in [2.45, 2.75) is 18.9 Å². The van der Waals surface area contributed by atoms with E-state index in [1.165, 1.54) is 31.5 Å². The van der Waals surface area contributed by atoms with E-state index in [4.69, 9.17) is 24.1 Å². The summed E-state index contributed by atoms with van der Waals surface area (Å²) >= 11 is 0. The first-order valence-electron chi connectivity index (χ1n) is 11.9. The van der Waals surface area contributed by atoms with Gasteiger partial charge < -0.3 is 29.4 Å². The first kappa shape index (κ1) is 26.0. The van der Waals surface area contributed by atoms with E-state index in [0.717, 1.165) is 31.2 Å². The molecule has 2 heterocycles. The number of benzene rings is 2. The van der Waals surface area contributed by atoms with Crippen LogP contribution in [0.4, 0.5) is 18.9 Å². The normalized spacial score (nSPS) is 12.7. The molecule has 1 amide bonds. The second-order valence-electron chi connectivity index (χ2n) is 8.52. The molecule has 1 aliphatic rings. The fraction of sp³-hybridized carbons (Fsp3) is 0.222. The standard InChI is InChI=1S/C27H22F3N3O6/c1-36-22-12-16-19(13-23(22)37-9-8-34)31-6-4-20(16)39-25-17(28)10-14(11-18(25)29)33-27(35)24-21(38-15-2-3-15)5-7-32-26(24)30/h4-7,10-13,15,34H,2-3,8-9H2,1H3,(H,33,35). The van der Waals surface area contributed by atoms with Crippen LogP contribution in [0.5, 0.6) is 28.7 Å². The maximum absolute atomic E-state index is 15.0. The maximum Gasteiger partial charge on any atom is 0.264 e. The number of aliphatic hydroxyl groups excluding tert-OH is 1. The summed E-state index contributed by atoms with van der Waals surface area (Å²) in [5.74, 6) is -4.35. The van der Waals surface area contributed by atoms with E-state index in [1.807, 2.05) is 0 Å². The van der Waals surface area contributed by atoms with Crippen LogP contribution in [0.15, 0.2) is 48.8 Å². The molecule has 2 aromatic heterocycles. The van der Waals surface area contributed by atoms with Gasteiger partial charge in [-0.3, -0.25) is 9.78 Å². The van der Waals surface area contributed by atoms with Crippen LogP contribution in [0.1, 0.15) is 23.2 Å². The number of pyridine rings is 2. The minimum Gasteiger partial charge on any atom is -0.493 e. The van der Waals surface area contributed by atoms with Crippen molar-refractivity contribution in [3.05, 3.63) is 71.9 Å². The van der Waals surface area contributed by atoms with E-state index in [1.54, 1.807) is 6.07 Å². The predicted octanol–water partition coefficient (Wildman–Crippen LogP) is 5.01. The van der Waals surface area contributed by atoms with E-state index < -0.39 is 34.8 Å². The van der Waals surface area contributed by atoms with E-state index in [-0.39, 0.29) is 36.5 Å². The number of amides is 1. The Morgan fingerprint density at radius 2 is 1.72 bits per heavy atom. The van der Waals surface area contributed by atoms with Crippen molar-refractivity contribution in [1.82, 2.24) is 9.97 Å². The molecule has 4 aromatic rings. The summed E-state index contributed by atoms with van der Waals surface area (Å²) in [6, 6.07) is 7.52. The highest BCUT2D eigenvalue weighted by Gasteiger charge is 2.28. The average Bonchev–Trinajstić information content (AvgIpc) is 3.73. The van der Waals surface area contributed by atoms with Crippen molar-refractivity contribution in [2.24, 2.45) is 0 Å². The fourth-order valence-electron chi connectivity index (χ4n) is 3.77. The number of rotatable bonds is 10. The third kappa shape index (κ3) is 5.65. The Kier molecular flexibility index (Phi) is 7.37. The van der Waals surface area contributed by atoms with Gasteiger partial charge in [-0.1, -0.05) is 0 Å². The molecule has 39 heavy (non-hydrogen) atoms. The van der Waals surface area contributed by atoms with Crippen LogP contribution in [0.3, 0.4) is 0 Å². The highest BCUT2D eigenvalue weighted by Crippen LogP contribution is 2.39. The summed E-state index contributed by atoms with van der Waals surface area (Å²) < 4.78 is 66.3. The zero-order chi connectivity index (χ0) is 27.5. The Bertz CT molecular complexity index is 1520. The lowest BCUT2D eigenvalue weighted by atomic mass is 10.1. The molecule has 12 heteroatoms. The van der Waals surface area contributed by atoms with Crippen molar-refractivity contribution >= 4 is 22.5 Å². The number of anilines is 1. The van der Waals surface area contributed by atoms with Gasteiger partial charge in [0.1, 0.15) is 23.7 Å². The number of halogens is 3. The maximum atomic E-state index is 15.0. The zero-order valence-electron chi connectivity index (χ0n) is 20.5. The molecule has 0 radical (unpaired) electrons. The topological polar surface area (TPSA) is 112 Å². The minimum absolute atomic E-state index is 0.00620. The number of methoxy groups -OCH3 is 1. The van der Waals surface area contributed by atoms with Crippen LogP contribution >= 0.6 is 0 Å². The highest BCUT2D eigenvalue weighted by atomic mass is 19.1. The number of hydrogen-bond acceptors (Lipinski definition) is 8. The molecule has 0 bridgehead atoms. The molecular formula is C27H22F3N3O6. The van der Waals surface area contributed by atoms with Gasteiger partial charge in [0.15, 0.2) is 28.9 Å². The van der Waals surface area contributed by atoms with Crippen molar-refractivity contribution in [2.75, 3.05) is 25.6 Å². The summed E-state index contributed by atoms with van der Waals surface area (Å²) in [6.07, 6.45) is 3.99. The van der Waals surface area contributed by atoms with Crippen LogP contribution < -0.4 is 24.3 Å². The van der Waals surface area contributed by atoms with Crippen LogP contribution in [0, 0.1) is 17.6 Å². The van der Waals surface area contributed by atoms with Gasteiger partial charge in [-0.2, -0.15) is 4.39 Å². The van der Waals surface area contributed by atoms with Gasteiger partial charge >= 0.3 is 0 Å². The fourth-order valence-corrected chi connectivity index (χ4v) is 3.77. The Labute approximate surface area is 220 Å². The number of carbonyl (C=O) groups is 1. The lowest BCUT2D eigenvalue weighted by Crippen LogP contribution is -2.17. The molecule has 5 rings (SSSR count). The third-order valence-corrected chi connectivity index (χ3v) is 5.72. The van der Waals surface area contributed by atoms with Crippen molar-refractivity contribution < 1.29 is 42.0 Å². The Hall–Kier alpha value is -4.58. The molecular weight excluding hydrogens is 519 g/mol. The molecule has 0 unspecified atom stereocenters. The lowest BCUT2D eigenvalue weighted by molar-refractivity contribution is 0.101. The monoisotopic (exact) mass is 541 g/mol. The number of carbonyl (C=O) groups excluding carboxylic acids is 1. The van der Waals surface area contributed by atoms with Crippen LogP contribution in [-0.4, -0.2) is 47.4 Å². The molecule has 202 valence electrons. The smallest absolute Gasteiger partial charge is 0.264 e. The van der Waals surface area contributed by atoms with Crippen molar-refractivity contribution in [3.63, 3.8) is 0 Å². The first-order chi connectivity index (χ1) is 18.9. The number of fused-ring (bicyclic) bond motifs is 1. The molecule has 0 atom stereocenters. The number of nitrogens with zero attached hydrogens (tertiary/aromatic N) is 2. The molecule has 1 fully saturated rings. The van der Waals surface area contributed by atoms with Gasteiger partial charge in [0, 0.05) is 41.7 Å². The second kappa shape index (κ2) is 11.0. The average molecular weight is 541 g/mol. The van der Waals surface area contributed by atoms with Gasteiger partial charge in [-0.15, -0.1) is 0 Å². The van der Waals surface area contributed by atoms with Crippen molar-refractivity contribution in [3.8, 4) is 28.7 Å². The first-order valence-corrected chi connectivity index (χ1v) is 11.9.